The van der Waals surface area contributed by atoms with Crippen LogP contribution in [0.25, 0.3) is 0 Å². The number of nitrogens with zero attached hydrogens (tertiary/aromatic N) is 1. The summed E-state index contributed by atoms with van der Waals surface area (Å²) in [6, 6.07) is 4.48. The molecule has 0 bridgehead atoms. The summed E-state index contributed by atoms with van der Waals surface area (Å²) in [4.78, 5) is 21.6. The first-order chi connectivity index (χ1) is 7.15. The molecule has 0 unspecified atom stereocenters. The molecule has 1 aromatic carbocycles. The average Bonchev–Trinajstić information content (AvgIpc) is 2.26. The molecule has 0 N–H and O–H groups in total. The Morgan fingerprint density at radius 1 is 1.60 bits per heavy atom. The van der Waals surface area contributed by atoms with Crippen LogP contribution in [0, 0.1) is 11.3 Å². The predicted octanol–water partition coefficient (Wildman–Crippen LogP) is 1.76. The van der Waals surface area contributed by atoms with Gasteiger partial charge in [-0.1, -0.05) is 0 Å². The second kappa shape index (κ2) is 4.58. The van der Waals surface area contributed by atoms with Gasteiger partial charge in [0.1, 0.15) is 17.4 Å². The van der Waals surface area contributed by atoms with Crippen LogP contribution in [0.4, 0.5) is 0 Å². The maximum absolute atomic E-state index is 11.0. The SMILES string of the molecule is COc1c(C=O)ccc(C(=O)Cl)c1C#N. The van der Waals surface area contributed by atoms with E-state index in [2.05, 4.69) is 0 Å². The van der Waals surface area contributed by atoms with Crippen molar-refractivity contribution in [3.8, 4) is 11.8 Å². The zero-order valence-corrected chi connectivity index (χ0v) is 8.54. The van der Waals surface area contributed by atoms with Crippen molar-refractivity contribution in [3.63, 3.8) is 0 Å². The van der Waals surface area contributed by atoms with Gasteiger partial charge in [-0.15, -0.1) is 0 Å². The van der Waals surface area contributed by atoms with Crippen molar-refractivity contribution in [2.75, 3.05) is 7.11 Å². The third-order valence-corrected chi connectivity index (χ3v) is 2.05. The lowest BCUT2D eigenvalue weighted by Gasteiger charge is -2.07. The number of carbonyl (C=O) groups is 2. The number of ether oxygens (including phenoxy) is 1. The number of benzene rings is 1. The van der Waals surface area contributed by atoms with Gasteiger partial charge in [0.15, 0.2) is 6.29 Å². The summed E-state index contributed by atoms with van der Waals surface area (Å²) in [6.45, 7) is 0. The lowest BCUT2D eigenvalue weighted by molar-refractivity contribution is 0.107. The number of aldehydes is 1. The molecule has 0 aliphatic rings. The molecule has 5 heteroatoms. The molecule has 0 amide bonds. The van der Waals surface area contributed by atoms with E-state index in [4.69, 9.17) is 21.6 Å². The van der Waals surface area contributed by atoms with Crippen LogP contribution in [0.3, 0.4) is 0 Å². The lowest BCUT2D eigenvalue weighted by Crippen LogP contribution is -2.01. The largest absolute Gasteiger partial charge is 0.495 e. The van der Waals surface area contributed by atoms with Gasteiger partial charge in [-0.05, 0) is 23.7 Å². The van der Waals surface area contributed by atoms with E-state index in [0.29, 0.717) is 6.29 Å². The smallest absolute Gasteiger partial charge is 0.253 e. The van der Waals surface area contributed by atoms with E-state index in [1.807, 2.05) is 0 Å². The second-order valence-corrected chi connectivity index (χ2v) is 2.96. The first-order valence-electron chi connectivity index (χ1n) is 3.91. The highest BCUT2D eigenvalue weighted by molar-refractivity contribution is 6.68. The molecule has 0 heterocycles. The first-order valence-corrected chi connectivity index (χ1v) is 4.29. The quantitative estimate of drug-likeness (QED) is 0.578. The van der Waals surface area contributed by atoms with E-state index in [1.54, 1.807) is 6.07 Å². The van der Waals surface area contributed by atoms with Gasteiger partial charge in [-0.3, -0.25) is 9.59 Å². The maximum atomic E-state index is 11.0. The van der Waals surface area contributed by atoms with Crippen LogP contribution in [0.15, 0.2) is 12.1 Å². The predicted molar refractivity (Wildman–Crippen MR) is 53.3 cm³/mol. The van der Waals surface area contributed by atoms with Crippen LogP contribution < -0.4 is 4.74 Å². The van der Waals surface area contributed by atoms with Crippen molar-refractivity contribution in [1.29, 1.82) is 5.26 Å². The summed E-state index contributed by atoms with van der Waals surface area (Å²) in [5.74, 6) is 0.0685. The minimum absolute atomic E-state index is 0.0258. The normalized spacial score (nSPS) is 9.13. The number of methoxy groups -OCH3 is 1. The molecule has 4 nitrogen and oxygen atoms in total. The van der Waals surface area contributed by atoms with Crippen LogP contribution >= 0.6 is 11.6 Å². The fraction of sp³-hybridized carbons (Fsp3) is 0.100. The minimum atomic E-state index is -0.762. The van der Waals surface area contributed by atoms with Gasteiger partial charge < -0.3 is 4.74 Å². The molecule has 15 heavy (non-hydrogen) atoms. The second-order valence-electron chi connectivity index (χ2n) is 2.61. The molecule has 0 aromatic heterocycles. The van der Waals surface area contributed by atoms with Gasteiger partial charge >= 0.3 is 0 Å². The lowest BCUT2D eigenvalue weighted by atomic mass is 10.0. The molecule has 0 saturated heterocycles. The number of nitriles is 1. The van der Waals surface area contributed by atoms with Gasteiger partial charge in [-0.25, -0.2) is 0 Å². The third kappa shape index (κ3) is 1.97. The Morgan fingerprint density at radius 2 is 2.27 bits per heavy atom. The standard InChI is InChI=1S/C10H6ClNO3/c1-15-9-6(5-13)2-3-7(10(11)14)8(9)4-12/h2-3,5H,1H3. The molecular weight excluding hydrogens is 218 g/mol. The Hall–Kier alpha value is -1.86. The maximum Gasteiger partial charge on any atom is 0.253 e. The summed E-state index contributed by atoms with van der Waals surface area (Å²) in [7, 11) is 1.31. The summed E-state index contributed by atoms with van der Waals surface area (Å²) >= 11 is 5.28. The average molecular weight is 224 g/mol. The Bertz CT molecular complexity index is 462. The van der Waals surface area contributed by atoms with Crippen molar-refractivity contribution in [2.45, 2.75) is 0 Å². The monoisotopic (exact) mass is 223 g/mol. The number of hydrogen-bond donors (Lipinski definition) is 0. The van der Waals surface area contributed by atoms with Gasteiger partial charge in [-0.2, -0.15) is 5.26 Å². The summed E-state index contributed by atoms with van der Waals surface area (Å²) in [5.41, 5.74) is 0.208. The topological polar surface area (TPSA) is 67.2 Å². The molecule has 0 aliphatic carbocycles. The Morgan fingerprint density at radius 3 is 2.67 bits per heavy atom. The van der Waals surface area contributed by atoms with Crippen molar-refractivity contribution in [3.05, 3.63) is 28.8 Å². The van der Waals surface area contributed by atoms with Crippen LogP contribution in [-0.4, -0.2) is 18.6 Å². The van der Waals surface area contributed by atoms with E-state index < -0.39 is 5.24 Å². The fourth-order valence-corrected chi connectivity index (χ4v) is 1.34. The molecule has 0 aliphatic heterocycles. The van der Waals surface area contributed by atoms with Crippen molar-refractivity contribution < 1.29 is 14.3 Å². The van der Waals surface area contributed by atoms with E-state index in [1.165, 1.54) is 19.2 Å². The van der Waals surface area contributed by atoms with Gasteiger partial charge in [0.05, 0.1) is 18.2 Å². The molecule has 76 valence electrons. The van der Waals surface area contributed by atoms with Crippen molar-refractivity contribution in [1.82, 2.24) is 0 Å². The molecule has 0 atom stereocenters. The summed E-state index contributed by atoms with van der Waals surface area (Å²) in [6.07, 6.45) is 0.544. The van der Waals surface area contributed by atoms with Crippen molar-refractivity contribution in [2.24, 2.45) is 0 Å². The van der Waals surface area contributed by atoms with E-state index in [9.17, 15) is 9.59 Å². The molecular formula is C10H6ClNO3. The van der Waals surface area contributed by atoms with E-state index in [-0.39, 0.29) is 22.4 Å². The highest BCUT2D eigenvalue weighted by Crippen LogP contribution is 2.26. The molecule has 1 rings (SSSR count). The van der Waals surface area contributed by atoms with E-state index >= 15 is 0 Å². The molecule has 0 spiro atoms. The zero-order chi connectivity index (χ0) is 11.4. The highest BCUT2D eigenvalue weighted by atomic mass is 35.5. The summed E-state index contributed by atoms with van der Waals surface area (Å²) < 4.78 is 4.88. The van der Waals surface area contributed by atoms with Crippen LogP contribution in [0.1, 0.15) is 26.3 Å². The van der Waals surface area contributed by atoms with E-state index in [0.717, 1.165) is 0 Å². The molecule has 0 fully saturated rings. The number of hydrogen-bond acceptors (Lipinski definition) is 4. The Balaban J connectivity index is 3.56. The zero-order valence-electron chi connectivity index (χ0n) is 7.78. The van der Waals surface area contributed by atoms with Gasteiger partial charge in [0.2, 0.25) is 0 Å². The van der Waals surface area contributed by atoms with Gasteiger partial charge in [0, 0.05) is 0 Å². The van der Waals surface area contributed by atoms with Crippen LogP contribution in [0.2, 0.25) is 0 Å². The molecule has 0 radical (unpaired) electrons. The minimum Gasteiger partial charge on any atom is -0.495 e. The molecule has 1 aromatic rings. The van der Waals surface area contributed by atoms with Crippen LogP contribution in [0.5, 0.6) is 5.75 Å². The van der Waals surface area contributed by atoms with Gasteiger partial charge in [0.25, 0.3) is 5.24 Å². The van der Waals surface area contributed by atoms with Crippen LogP contribution in [-0.2, 0) is 0 Å². The van der Waals surface area contributed by atoms with Crippen molar-refractivity contribution >= 4 is 23.1 Å². The summed E-state index contributed by atoms with van der Waals surface area (Å²) in [5, 5.41) is 8.08. The number of rotatable bonds is 3. The number of carbonyl (C=O) groups excluding carboxylic acids is 2. The first kappa shape index (κ1) is 11.2. The Labute approximate surface area is 91.0 Å². The number of halogens is 1. The molecule has 0 saturated carbocycles. The Kier molecular flexibility index (Phi) is 3.42. The third-order valence-electron chi connectivity index (χ3n) is 1.84. The highest BCUT2D eigenvalue weighted by Gasteiger charge is 2.17. The fourth-order valence-electron chi connectivity index (χ4n) is 1.19.